The SMILES string of the molecule is c1ccc(-c2cccc(N(c3ccc(-c4ccccc4-c4ccccc4)cc3)c3cccc(-c4ccc5c(c4)-c4ccccc4C54c5ccc6ccccc6c5Oc5c4ccc4ccccc54)c3)c2)cc1. The summed E-state index contributed by atoms with van der Waals surface area (Å²) >= 11 is 0. The van der Waals surface area contributed by atoms with Crippen molar-refractivity contribution in [2.45, 2.75) is 5.41 Å². The fourth-order valence-electron chi connectivity index (χ4n) is 11.7. The largest absolute Gasteiger partial charge is 0.455 e. The second-order valence-electron chi connectivity index (χ2n) is 18.7. The van der Waals surface area contributed by atoms with Crippen LogP contribution in [0, 0.1) is 0 Å². The molecule has 71 heavy (non-hydrogen) atoms. The van der Waals surface area contributed by atoms with Gasteiger partial charge in [-0.1, -0.05) is 231 Å². The monoisotopic (exact) mass is 903 g/mol. The number of anilines is 3. The molecular formula is C69H45NO. The third-order valence-corrected chi connectivity index (χ3v) is 14.9. The summed E-state index contributed by atoms with van der Waals surface area (Å²) in [5.41, 5.74) is 19.5. The fraction of sp³-hybridized carbons (Fsp3) is 0.0145. The minimum atomic E-state index is -0.600. The molecule has 1 aliphatic carbocycles. The van der Waals surface area contributed by atoms with E-state index in [1.165, 1.54) is 66.8 Å². The van der Waals surface area contributed by atoms with Crippen LogP contribution < -0.4 is 9.64 Å². The van der Waals surface area contributed by atoms with Gasteiger partial charge in [0, 0.05) is 39.0 Å². The molecule has 0 saturated carbocycles. The highest BCUT2D eigenvalue weighted by Crippen LogP contribution is 2.64. The Kier molecular flexibility index (Phi) is 9.47. The fourth-order valence-corrected chi connectivity index (χ4v) is 11.7. The Hall–Kier alpha value is -9.24. The third kappa shape index (κ3) is 6.49. The first kappa shape index (κ1) is 40.8. The average Bonchev–Trinajstić information content (AvgIpc) is 3.74. The zero-order valence-electron chi connectivity index (χ0n) is 38.8. The lowest BCUT2D eigenvalue weighted by atomic mass is 9.65. The van der Waals surface area contributed by atoms with Gasteiger partial charge in [-0.05, 0) is 120 Å². The van der Waals surface area contributed by atoms with Gasteiger partial charge in [-0.25, -0.2) is 0 Å². The van der Waals surface area contributed by atoms with Crippen LogP contribution in [0.5, 0.6) is 11.5 Å². The molecule has 0 atom stereocenters. The van der Waals surface area contributed by atoms with Crippen LogP contribution in [0.3, 0.4) is 0 Å². The predicted molar refractivity (Wildman–Crippen MR) is 295 cm³/mol. The molecule has 12 aromatic carbocycles. The van der Waals surface area contributed by atoms with E-state index in [1.807, 2.05) is 0 Å². The van der Waals surface area contributed by atoms with Crippen LogP contribution in [0.15, 0.2) is 273 Å². The first-order chi connectivity index (χ1) is 35.2. The first-order valence-corrected chi connectivity index (χ1v) is 24.5. The maximum atomic E-state index is 7.20. The predicted octanol–water partition coefficient (Wildman–Crippen LogP) is 18.6. The zero-order valence-corrected chi connectivity index (χ0v) is 38.8. The van der Waals surface area contributed by atoms with Gasteiger partial charge in [0.25, 0.3) is 0 Å². The Morgan fingerprint density at radius 3 is 1.31 bits per heavy atom. The van der Waals surface area contributed by atoms with Gasteiger partial charge < -0.3 is 9.64 Å². The van der Waals surface area contributed by atoms with Gasteiger partial charge in [-0.3, -0.25) is 0 Å². The highest BCUT2D eigenvalue weighted by molar-refractivity contribution is 6.00. The van der Waals surface area contributed by atoms with Crippen LogP contribution in [0.1, 0.15) is 22.3 Å². The molecule has 0 fully saturated rings. The summed E-state index contributed by atoms with van der Waals surface area (Å²) in [6, 6.07) is 99.6. The highest BCUT2D eigenvalue weighted by Gasteiger charge is 2.51. The minimum absolute atomic E-state index is 0.600. The molecule has 0 aromatic heterocycles. The van der Waals surface area contributed by atoms with Crippen molar-refractivity contribution in [3.8, 4) is 67.1 Å². The van der Waals surface area contributed by atoms with Crippen LogP contribution in [0.2, 0.25) is 0 Å². The van der Waals surface area contributed by atoms with Crippen molar-refractivity contribution in [3.05, 3.63) is 295 Å². The smallest absolute Gasteiger partial charge is 0.140 e. The van der Waals surface area contributed by atoms with Gasteiger partial charge >= 0.3 is 0 Å². The lowest BCUT2D eigenvalue weighted by molar-refractivity contribution is 0.447. The molecular weight excluding hydrogens is 859 g/mol. The molecule has 0 bridgehead atoms. The molecule has 14 rings (SSSR count). The van der Waals surface area contributed by atoms with Gasteiger partial charge in [0.2, 0.25) is 0 Å². The summed E-state index contributed by atoms with van der Waals surface area (Å²) in [4.78, 5) is 2.39. The van der Waals surface area contributed by atoms with Crippen LogP contribution in [-0.4, -0.2) is 0 Å². The molecule has 0 unspecified atom stereocenters. The van der Waals surface area contributed by atoms with Crippen molar-refractivity contribution in [3.63, 3.8) is 0 Å². The van der Waals surface area contributed by atoms with E-state index >= 15 is 0 Å². The molecule has 0 amide bonds. The summed E-state index contributed by atoms with van der Waals surface area (Å²) < 4.78 is 7.20. The Morgan fingerprint density at radius 1 is 0.254 bits per heavy atom. The summed E-state index contributed by atoms with van der Waals surface area (Å²) in [7, 11) is 0. The van der Waals surface area contributed by atoms with E-state index in [4.69, 9.17) is 4.74 Å². The second kappa shape index (κ2) is 16.5. The maximum absolute atomic E-state index is 7.20. The van der Waals surface area contributed by atoms with Gasteiger partial charge in [-0.2, -0.15) is 0 Å². The summed E-state index contributed by atoms with van der Waals surface area (Å²) in [6.45, 7) is 0. The highest BCUT2D eigenvalue weighted by atomic mass is 16.5. The molecule has 332 valence electrons. The van der Waals surface area contributed by atoms with E-state index in [0.717, 1.165) is 61.2 Å². The number of benzene rings is 12. The topological polar surface area (TPSA) is 12.5 Å². The van der Waals surface area contributed by atoms with E-state index in [1.54, 1.807) is 0 Å². The molecule has 1 aliphatic heterocycles. The van der Waals surface area contributed by atoms with E-state index in [-0.39, 0.29) is 0 Å². The molecule has 2 aliphatic rings. The van der Waals surface area contributed by atoms with Crippen LogP contribution in [-0.2, 0) is 5.41 Å². The number of hydrogen-bond acceptors (Lipinski definition) is 2. The van der Waals surface area contributed by atoms with Crippen molar-refractivity contribution < 1.29 is 4.74 Å². The van der Waals surface area contributed by atoms with Gasteiger partial charge in [0.1, 0.15) is 11.5 Å². The normalized spacial score (nSPS) is 12.7. The Morgan fingerprint density at radius 2 is 0.690 bits per heavy atom. The Bertz CT molecular complexity index is 3940. The standard InChI is InChI=1S/C69H45NO/c1-3-17-46(18-4-1)51-23-15-25-55(43-51)70(54-38-33-50(34-39-54)58-28-12-11-27-57(58)47-19-5-2-6-20-47)56-26-16-24-52(44-56)53-37-40-64-62(45-53)61-31-13-14-32-63(61)69(64)65-41-35-48-21-7-9-29-59(48)67(65)71-68-60-30-10-8-22-49(60)36-42-66(68)69/h1-45H. The van der Waals surface area contributed by atoms with E-state index in [9.17, 15) is 0 Å². The van der Waals surface area contributed by atoms with Crippen molar-refractivity contribution in [2.24, 2.45) is 0 Å². The summed E-state index contributed by atoms with van der Waals surface area (Å²) in [6.07, 6.45) is 0. The summed E-state index contributed by atoms with van der Waals surface area (Å²) in [5.74, 6) is 1.85. The molecule has 2 heteroatoms. The number of fused-ring (bicyclic) bond motifs is 13. The van der Waals surface area contributed by atoms with Crippen LogP contribution >= 0.6 is 0 Å². The van der Waals surface area contributed by atoms with Crippen molar-refractivity contribution in [1.82, 2.24) is 0 Å². The minimum Gasteiger partial charge on any atom is -0.455 e. The van der Waals surface area contributed by atoms with Crippen LogP contribution in [0.25, 0.3) is 77.2 Å². The molecule has 0 saturated heterocycles. The zero-order chi connectivity index (χ0) is 46.9. The number of nitrogens with zero attached hydrogens (tertiary/aromatic N) is 1. The molecule has 0 radical (unpaired) electrons. The maximum Gasteiger partial charge on any atom is 0.140 e. The Labute approximate surface area is 414 Å². The van der Waals surface area contributed by atoms with Crippen LogP contribution in [0.4, 0.5) is 17.1 Å². The quantitative estimate of drug-likeness (QED) is 0.158. The lowest BCUT2D eigenvalue weighted by Gasteiger charge is -2.40. The van der Waals surface area contributed by atoms with Crippen molar-refractivity contribution in [1.29, 1.82) is 0 Å². The molecule has 1 spiro atoms. The van der Waals surface area contributed by atoms with Crippen molar-refractivity contribution in [2.75, 3.05) is 4.90 Å². The van der Waals surface area contributed by atoms with Gasteiger partial charge in [0.15, 0.2) is 0 Å². The molecule has 1 heterocycles. The number of hydrogen-bond donors (Lipinski definition) is 0. The number of ether oxygens (including phenoxy) is 1. The second-order valence-corrected chi connectivity index (χ2v) is 18.7. The van der Waals surface area contributed by atoms with E-state index < -0.39 is 5.41 Å². The molecule has 2 nitrogen and oxygen atoms in total. The third-order valence-electron chi connectivity index (χ3n) is 14.9. The average molecular weight is 904 g/mol. The number of rotatable bonds is 7. The molecule has 0 N–H and O–H groups in total. The van der Waals surface area contributed by atoms with E-state index in [2.05, 4.69) is 278 Å². The first-order valence-electron chi connectivity index (χ1n) is 24.5. The van der Waals surface area contributed by atoms with Gasteiger partial charge in [-0.15, -0.1) is 0 Å². The lowest BCUT2D eigenvalue weighted by Crippen LogP contribution is -2.32. The molecule has 12 aromatic rings. The Balaban J connectivity index is 0.924. The van der Waals surface area contributed by atoms with E-state index in [0.29, 0.717) is 0 Å². The summed E-state index contributed by atoms with van der Waals surface area (Å²) in [5, 5.41) is 4.56. The van der Waals surface area contributed by atoms with Crippen molar-refractivity contribution >= 4 is 38.6 Å². The van der Waals surface area contributed by atoms with Gasteiger partial charge in [0.05, 0.1) is 5.41 Å².